The summed E-state index contributed by atoms with van der Waals surface area (Å²) in [6.45, 7) is 5.53. The Balaban J connectivity index is 2.29. The van der Waals surface area contributed by atoms with Crippen LogP contribution in [0.5, 0.6) is 5.75 Å². The quantitative estimate of drug-likeness (QED) is 0.593. The van der Waals surface area contributed by atoms with Gasteiger partial charge in [0.2, 0.25) is 0 Å². The Kier molecular flexibility index (Phi) is 9.82. The van der Waals surface area contributed by atoms with E-state index in [1.54, 1.807) is 14.2 Å². The largest absolute Gasteiger partial charge is 0.492 e. The second-order valence-electron chi connectivity index (χ2n) is 4.88. The lowest BCUT2D eigenvalue weighted by Gasteiger charge is -2.21. The van der Waals surface area contributed by atoms with Crippen molar-refractivity contribution in [3.8, 4) is 5.75 Å². The van der Waals surface area contributed by atoms with E-state index in [0.29, 0.717) is 13.2 Å². The summed E-state index contributed by atoms with van der Waals surface area (Å²) in [6, 6.07) is 7.92. The fraction of sp³-hybridized carbons (Fsp3) is 0.625. The minimum absolute atomic E-state index is 0.560. The van der Waals surface area contributed by atoms with Crippen LogP contribution in [0.15, 0.2) is 24.3 Å². The van der Waals surface area contributed by atoms with E-state index in [0.717, 1.165) is 50.6 Å². The van der Waals surface area contributed by atoms with Gasteiger partial charge in [0.25, 0.3) is 0 Å². The minimum atomic E-state index is 0.560. The Morgan fingerprint density at radius 1 is 0.905 bits per heavy atom. The molecule has 0 radical (unpaired) electrons. The molecule has 1 aromatic rings. The zero-order valence-electron chi connectivity index (χ0n) is 13.2. The second-order valence-corrected chi connectivity index (χ2v) is 4.88. The number of nitrogens with zero attached hydrogens (tertiary/aromatic N) is 1. The molecule has 0 aliphatic carbocycles. The van der Waals surface area contributed by atoms with Crippen molar-refractivity contribution in [2.45, 2.75) is 13.0 Å². The summed E-state index contributed by atoms with van der Waals surface area (Å²) in [4.78, 5) is 2.33. The molecule has 0 heterocycles. The number of nitrogens with two attached hydrogens (primary N) is 1. The van der Waals surface area contributed by atoms with E-state index in [-0.39, 0.29) is 0 Å². The lowest BCUT2D eigenvalue weighted by molar-refractivity contribution is 0.121. The Morgan fingerprint density at radius 2 is 1.57 bits per heavy atom. The van der Waals surface area contributed by atoms with E-state index in [4.69, 9.17) is 19.9 Å². The highest BCUT2D eigenvalue weighted by molar-refractivity contribution is 5.27. The average Bonchev–Trinajstić information content (AvgIpc) is 2.53. The molecule has 0 aliphatic heterocycles. The van der Waals surface area contributed by atoms with Crippen molar-refractivity contribution in [2.24, 2.45) is 5.73 Å². The van der Waals surface area contributed by atoms with Gasteiger partial charge < -0.3 is 19.9 Å². The third kappa shape index (κ3) is 8.02. The van der Waals surface area contributed by atoms with Crippen molar-refractivity contribution >= 4 is 0 Å². The molecule has 5 heteroatoms. The summed E-state index contributed by atoms with van der Waals surface area (Å²) in [5.74, 6) is 0.885. The van der Waals surface area contributed by atoms with Crippen LogP contribution in [0.25, 0.3) is 0 Å². The summed E-state index contributed by atoms with van der Waals surface area (Å²) >= 11 is 0. The smallest absolute Gasteiger partial charge is 0.119 e. The minimum Gasteiger partial charge on any atom is -0.492 e. The Morgan fingerprint density at radius 3 is 2.19 bits per heavy atom. The lowest BCUT2D eigenvalue weighted by atomic mass is 10.2. The summed E-state index contributed by atoms with van der Waals surface area (Å²) < 4.78 is 16.0. The molecule has 0 unspecified atom stereocenters. The number of hydrogen-bond donors (Lipinski definition) is 1. The molecule has 0 saturated carbocycles. The van der Waals surface area contributed by atoms with Gasteiger partial charge in [0.05, 0.1) is 6.61 Å². The first kappa shape index (κ1) is 17.9. The average molecular weight is 296 g/mol. The van der Waals surface area contributed by atoms with Crippen LogP contribution >= 0.6 is 0 Å². The molecule has 0 aromatic heterocycles. The van der Waals surface area contributed by atoms with Gasteiger partial charge in [-0.1, -0.05) is 12.1 Å². The fourth-order valence-corrected chi connectivity index (χ4v) is 2.00. The molecule has 0 saturated heterocycles. The molecule has 120 valence electrons. The van der Waals surface area contributed by atoms with Crippen LogP contribution in [0.3, 0.4) is 0 Å². The number of hydrogen-bond acceptors (Lipinski definition) is 5. The summed E-state index contributed by atoms with van der Waals surface area (Å²) in [5.41, 5.74) is 6.69. The molecule has 2 N–H and O–H groups in total. The number of rotatable bonds is 12. The highest BCUT2D eigenvalue weighted by Crippen LogP contribution is 2.11. The predicted octanol–water partition coefficient (Wildman–Crippen LogP) is 1.51. The number of methoxy groups -OCH3 is 2. The molecule has 1 rings (SSSR count). The Hall–Kier alpha value is -1.14. The van der Waals surface area contributed by atoms with Crippen molar-refractivity contribution in [3.05, 3.63) is 29.8 Å². The summed E-state index contributed by atoms with van der Waals surface area (Å²) in [6.07, 6.45) is 1.02. The second kappa shape index (κ2) is 11.5. The van der Waals surface area contributed by atoms with E-state index in [2.05, 4.69) is 4.90 Å². The van der Waals surface area contributed by atoms with E-state index >= 15 is 0 Å². The van der Waals surface area contributed by atoms with Gasteiger partial charge in [-0.15, -0.1) is 0 Å². The zero-order valence-corrected chi connectivity index (χ0v) is 13.2. The molecule has 0 spiro atoms. The number of ether oxygens (including phenoxy) is 3. The predicted molar refractivity (Wildman–Crippen MR) is 84.6 cm³/mol. The summed E-state index contributed by atoms with van der Waals surface area (Å²) in [7, 11) is 3.45. The fourth-order valence-electron chi connectivity index (χ4n) is 2.00. The van der Waals surface area contributed by atoms with Gasteiger partial charge in [-0.2, -0.15) is 0 Å². The highest BCUT2D eigenvalue weighted by Gasteiger charge is 2.05. The van der Waals surface area contributed by atoms with Crippen LogP contribution < -0.4 is 10.5 Å². The van der Waals surface area contributed by atoms with E-state index in [9.17, 15) is 0 Å². The first-order chi connectivity index (χ1) is 10.3. The standard InChI is InChI=1S/C16H28N2O3/c1-19-11-3-8-18(9-12-20-2)10-13-21-16-6-4-15(14-17)5-7-16/h4-7H,3,8-14,17H2,1-2H3. The van der Waals surface area contributed by atoms with Gasteiger partial charge in [0.15, 0.2) is 0 Å². The highest BCUT2D eigenvalue weighted by atomic mass is 16.5. The normalized spacial score (nSPS) is 11.0. The van der Waals surface area contributed by atoms with Crippen LogP contribution in [-0.2, 0) is 16.0 Å². The molecule has 0 bridgehead atoms. The maximum Gasteiger partial charge on any atom is 0.119 e. The summed E-state index contributed by atoms with van der Waals surface area (Å²) in [5, 5.41) is 0. The first-order valence-electron chi connectivity index (χ1n) is 7.42. The molecular weight excluding hydrogens is 268 g/mol. The number of benzene rings is 1. The first-order valence-corrected chi connectivity index (χ1v) is 7.42. The monoisotopic (exact) mass is 296 g/mol. The maximum absolute atomic E-state index is 5.77. The Bertz CT molecular complexity index is 357. The molecule has 5 nitrogen and oxygen atoms in total. The lowest BCUT2D eigenvalue weighted by Crippen LogP contribution is -2.33. The van der Waals surface area contributed by atoms with Crippen molar-refractivity contribution in [3.63, 3.8) is 0 Å². The Labute approximate surface area is 128 Å². The van der Waals surface area contributed by atoms with Gasteiger partial charge in [-0.05, 0) is 24.1 Å². The third-order valence-electron chi connectivity index (χ3n) is 3.27. The van der Waals surface area contributed by atoms with Crippen LogP contribution in [-0.4, -0.2) is 58.6 Å². The van der Waals surface area contributed by atoms with E-state index < -0.39 is 0 Å². The van der Waals surface area contributed by atoms with Crippen LogP contribution in [0.2, 0.25) is 0 Å². The molecule has 21 heavy (non-hydrogen) atoms. The van der Waals surface area contributed by atoms with Gasteiger partial charge in [-0.25, -0.2) is 0 Å². The topological polar surface area (TPSA) is 57.0 Å². The molecular formula is C16H28N2O3. The molecule has 0 amide bonds. The van der Waals surface area contributed by atoms with Crippen molar-refractivity contribution in [2.75, 3.05) is 53.7 Å². The van der Waals surface area contributed by atoms with Crippen LogP contribution in [0.4, 0.5) is 0 Å². The third-order valence-corrected chi connectivity index (χ3v) is 3.27. The zero-order chi connectivity index (χ0) is 15.3. The molecule has 0 fully saturated rings. The molecule has 1 aromatic carbocycles. The van der Waals surface area contributed by atoms with Gasteiger partial charge in [-0.3, -0.25) is 4.90 Å². The van der Waals surface area contributed by atoms with Crippen molar-refractivity contribution in [1.82, 2.24) is 4.90 Å². The van der Waals surface area contributed by atoms with Crippen LogP contribution in [0.1, 0.15) is 12.0 Å². The molecule has 0 aliphatic rings. The van der Waals surface area contributed by atoms with Gasteiger partial charge in [0, 0.05) is 47.0 Å². The van der Waals surface area contributed by atoms with E-state index in [1.807, 2.05) is 24.3 Å². The maximum atomic E-state index is 5.77. The van der Waals surface area contributed by atoms with Gasteiger partial charge in [0.1, 0.15) is 12.4 Å². The van der Waals surface area contributed by atoms with Crippen molar-refractivity contribution in [1.29, 1.82) is 0 Å². The van der Waals surface area contributed by atoms with E-state index in [1.165, 1.54) is 0 Å². The van der Waals surface area contributed by atoms with Crippen LogP contribution in [0, 0.1) is 0 Å². The molecule has 0 atom stereocenters. The van der Waals surface area contributed by atoms with Gasteiger partial charge >= 0.3 is 0 Å². The van der Waals surface area contributed by atoms with Crippen molar-refractivity contribution < 1.29 is 14.2 Å². The SMILES string of the molecule is COCCCN(CCOC)CCOc1ccc(CN)cc1.